The highest BCUT2D eigenvalue weighted by molar-refractivity contribution is 7.99. The first-order chi connectivity index (χ1) is 12.6. The van der Waals surface area contributed by atoms with Crippen LogP contribution in [0.3, 0.4) is 0 Å². The van der Waals surface area contributed by atoms with E-state index < -0.39 is 17.0 Å². The van der Waals surface area contributed by atoms with Gasteiger partial charge < -0.3 is 10.6 Å². The Kier molecular flexibility index (Phi) is 7.65. The second-order valence-corrected chi connectivity index (χ2v) is 6.57. The van der Waals surface area contributed by atoms with E-state index >= 15 is 0 Å². The van der Waals surface area contributed by atoms with Crippen molar-refractivity contribution >= 4 is 23.6 Å². The molecule has 2 aromatic carbocycles. The van der Waals surface area contributed by atoms with Crippen LogP contribution in [0.25, 0.3) is 0 Å². The van der Waals surface area contributed by atoms with Gasteiger partial charge in [0.05, 0.1) is 6.07 Å². The van der Waals surface area contributed by atoms with E-state index in [-0.39, 0.29) is 24.6 Å². The van der Waals surface area contributed by atoms with E-state index in [0.717, 1.165) is 11.6 Å². The van der Waals surface area contributed by atoms with Crippen molar-refractivity contribution in [3.8, 4) is 6.07 Å². The molecule has 7 heteroatoms. The van der Waals surface area contributed by atoms with E-state index in [0.29, 0.717) is 5.75 Å². The predicted octanol–water partition coefficient (Wildman–Crippen LogP) is 2.50. The van der Waals surface area contributed by atoms with Gasteiger partial charge in [-0.05, 0) is 23.8 Å². The summed E-state index contributed by atoms with van der Waals surface area (Å²) >= 11 is 1.36. The molecule has 0 aromatic heterocycles. The van der Waals surface area contributed by atoms with Crippen molar-refractivity contribution in [1.82, 2.24) is 10.6 Å². The summed E-state index contributed by atoms with van der Waals surface area (Å²) in [6.07, 6.45) is 0. The van der Waals surface area contributed by atoms with Crippen molar-refractivity contribution in [3.05, 3.63) is 71.5 Å². The van der Waals surface area contributed by atoms with Crippen molar-refractivity contribution in [2.75, 3.05) is 13.1 Å². The van der Waals surface area contributed by atoms with Gasteiger partial charge in [0, 0.05) is 17.9 Å². The van der Waals surface area contributed by atoms with Crippen LogP contribution in [0.4, 0.5) is 4.39 Å². The number of hydrogen-bond donors (Lipinski definition) is 2. The Bertz CT molecular complexity index is 793. The monoisotopic (exact) mass is 371 g/mol. The van der Waals surface area contributed by atoms with Crippen molar-refractivity contribution in [1.29, 1.82) is 5.26 Å². The number of amides is 2. The fourth-order valence-corrected chi connectivity index (χ4v) is 3.18. The van der Waals surface area contributed by atoms with E-state index in [2.05, 4.69) is 10.6 Å². The van der Waals surface area contributed by atoms with Gasteiger partial charge in [-0.1, -0.05) is 36.4 Å². The van der Waals surface area contributed by atoms with Gasteiger partial charge in [0.25, 0.3) is 5.91 Å². The first kappa shape index (κ1) is 19.5. The molecule has 2 rings (SSSR count). The summed E-state index contributed by atoms with van der Waals surface area (Å²) in [5, 5.41) is 13.2. The average Bonchev–Trinajstić information content (AvgIpc) is 2.66. The zero-order valence-corrected chi connectivity index (χ0v) is 14.8. The highest BCUT2D eigenvalue weighted by Crippen LogP contribution is 2.18. The van der Waals surface area contributed by atoms with Crippen LogP contribution < -0.4 is 10.6 Å². The van der Waals surface area contributed by atoms with E-state index in [1.54, 1.807) is 0 Å². The number of thioether (sulfide) groups is 1. The van der Waals surface area contributed by atoms with E-state index in [9.17, 15) is 14.0 Å². The summed E-state index contributed by atoms with van der Waals surface area (Å²) < 4.78 is 13.2. The minimum absolute atomic E-state index is 0.0735. The molecule has 0 bridgehead atoms. The number of halogens is 1. The first-order valence-corrected chi connectivity index (χ1v) is 8.99. The SMILES string of the molecule is N#CCNC(=O)C(CNC(=O)c1cccc(F)c1)SCc1ccccc1. The van der Waals surface area contributed by atoms with Gasteiger partial charge in [-0.25, -0.2) is 4.39 Å². The number of benzene rings is 2. The minimum atomic E-state index is -0.568. The maximum atomic E-state index is 13.2. The lowest BCUT2D eigenvalue weighted by Gasteiger charge is -2.16. The van der Waals surface area contributed by atoms with Crippen molar-refractivity contribution in [3.63, 3.8) is 0 Å². The van der Waals surface area contributed by atoms with Gasteiger partial charge in [-0.3, -0.25) is 9.59 Å². The standard InChI is InChI=1S/C19H18FN3O2S/c20-16-8-4-7-15(11-16)18(24)23-12-17(19(25)22-10-9-21)26-13-14-5-2-1-3-6-14/h1-8,11,17H,10,12-13H2,(H,22,25)(H,23,24). The molecule has 2 amide bonds. The fraction of sp³-hybridized carbons (Fsp3) is 0.211. The maximum absolute atomic E-state index is 13.2. The van der Waals surface area contributed by atoms with E-state index in [1.807, 2.05) is 36.4 Å². The summed E-state index contributed by atoms with van der Waals surface area (Å²) in [5.74, 6) is -0.698. The Morgan fingerprint density at radius 2 is 1.88 bits per heavy atom. The van der Waals surface area contributed by atoms with E-state index in [4.69, 9.17) is 5.26 Å². The summed E-state index contributed by atoms with van der Waals surface area (Å²) in [5.41, 5.74) is 1.24. The molecule has 1 unspecified atom stereocenters. The van der Waals surface area contributed by atoms with Crippen LogP contribution in [0.2, 0.25) is 0 Å². The highest BCUT2D eigenvalue weighted by atomic mass is 32.2. The zero-order chi connectivity index (χ0) is 18.8. The fourth-order valence-electron chi connectivity index (χ4n) is 2.16. The molecule has 0 aliphatic carbocycles. The number of nitrogens with one attached hydrogen (secondary N) is 2. The van der Waals surface area contributed by atoms with Gasteiger partial charge >= 0.3 is 0 Å². The van der Waals surface area contributed by atoms with Crippen molar-refractivity contribution < 1.29 is 14.0 Å². The lowest BCUT2D eigenvalue weighted by Crippen LogP contribution is -2.41. The molecule has 0 heterocycles. The second-order valence-electron chi connectivity index (χ2n) is 5.38. The Morgan fingerprint density at radius 1 is 1.12 bits per heavy atom. The van der Waals surface area contributed by atoms with Crippen LogP contribution in [0.1, 0.15) is 15.9 Å². The number of nitrogens with zero attached hydrogens (tertiary/aromatic N) is 1. The quantitative estimate of drug-likeness (QED) is 0.699. The second kappa shape index (κ2) is 10.2. The van der Waals surface area contributed by atoms with Gasteiger partial charge in [-0.2, -0.15) is 5.26 Å². The molecule has 0 aliphatic rings. The molecule has 2 aromatic rings. The summed E-state index contributed by atoms with van der Waals surface area (Å²) in [7, 11) is 0. The number of nitriles is 1. The van der Waals surface area contributed by atoms with Gasteiger partial charge in [0.15, 0.2) is 0 Å². The van der Waals surface area contributed by atoms with E-state index in [1.165, 1.54) is 30.0 Å². The normalized spacial score (nSPS) is 11.2. The molecule has 0 spiro atoms. The molecular weight excluding hydrogens is 353 g/mol. The van der Waals surface area contributed by atoms with Crippen LogP contribution in [0, 0.1) is 17.1 Å². The molecular formula is C19H18FN3O2S. The molecule has 1 atom stereocenters. The van der Waals surface area contributed by atoms with Crippen LogP contribution >= 0.6 is 11.8 Å². The number of carbonyl (C=O) groups is 2. The van der Waals surface area contributed by atoms with Crippen LogP contribution in [-0.4, -0.2) is 30.2 Å². The zero-order valence-electron chi connectivity index (χ0n) is 13.9. The third-order valence-electron chi connectivity index (χ3n) is 3.46. The maximum Gasteiger partial charge on any atom is 0.251 e. The van der Waals surface area contributed by atoms with Gasteiger partial charge in [-0.15, -0.1) is 11.8 Å². The molecule has 0 aliphatic heterocycles. The molecule has 0 fully saturated rings. The van der Waals surface area contributed by atoms with Crippen LogP contribution in [0.5, 0.6) is 0 Å². The molecule has 26 heavy (non-hydrogen) atoms. The van der Waals surface area contributed by atoms with Crippen molar-refractivity contribution in [2.24, 2.45) is 0 Å². The third kappa shape index (κ3) is 6.22. The number of rotatable bonds is 8. The molecule has 0 saturated carbocycles. The smallest absolute Gasteiger partial charge is 0.251 e. The average molecular weight is 371 g/mol. The molecule has 0 radical (unpaired) electrons. The largest absolute Gasteiger partial charge is 0.350 e. The molecule has 5 nitrogen and oxygen atoms in total. The number of carbonyl (C=O) groups excluding carboxylic acids is 2. The summed E-state index contributed by atoms with van der Waals surface area (Å²) in [6, 6.07) is 16.8. The van der Waals surface area contributed by atoms with Gasteiger partial charge in [0.2, 0.25) is 5.91 Å². The topological polar surface area (TPSA) is 82.0 Å². The van der Waals surface area contributed by atoms with Gasteiger partial charge in [0.1, 0.15) is 17.6 Å². The predicted molar refractivity (Wildman–Crippen MR) is 98.9 cm³/mol. The minimum Gasteiger partial charge on any atom is -0.350 e. The molecule has 2 N–H and O–H groups in total. The lowest BCUT2D eigenvalue weighted by atomic mass is 10.2. The van der Waals surface area contributed by atoms with Crippen LogP contribution in [0.15, 0.2) is 54.6 Å². The Labute approximate surface area is 155 Å². The third-order valence-corrected chi connectivity index (χ3v) is 4.75. The number of hydrogen-bond acceptors (Lipinski definition) is 4. The first-order valence-electron chi connectivity index (χ1n) is 7.94. The Hall–Kier alpha value is -2.85. The van der Waals surface area contributed by atoms with Crippen molar-refractivity contribution in [2.45, 2.75) is 11.0 Å². The molecule has 0 saturated heterocycles. The highest BCUT2D eigenvalue weighted by Gasteiger charge is 2.20. The van der Waals surface area contributed by atoms with Crippen LogP contribution in [-0.2, 0) is 10.5 Å². The Balaban J connectivity index is 1.97. The summed E-state index contributed by atoms with van der Waals surface area (Å²) in [6.45, 7) is -0.0246. The Morgan fingerprint density at radius 3 is 2.58 bits per heavy atom. The summed E-state index contributed by atoms with van der Waals surface area (Å²) in [4.78, 5) is 24.4. The molecule has 134 valence electrons. The lowest BCUT2D eigenvalue weighted by molar-refractivity contribution is -0.120.